The van der Waals surface area contributed by atoms with Crippen LogP contribution < -0.4 is 0 Å². The van der Waals surface area contributed by atoms with Crippen LogP contribution in [0.1, 0.15) is 17.4 Å². The third-order valence-corrected chi connectivity index (χ3v) is 3.36. The molecule has 4 nitrogen and oxygen atoms in total. The van der Waals surface area contributed by atoms with Crippen LogP contribution >= 0.6 is 31.9 Å². The molecule has 1 aromatic heterocycles. The molecule has 0 amide bonds. The van der Waals surface area contributed by atoms with Crippen LogP contribution in [0.25, 0.3) is 11.3 Å². The Bertz CT molecular complexity index is 580. The Morgan fingerprint density at radius 1 is 1.44 bits per heavy atom. The number of carbonyl (C=O) groups excluding carboxylic acids is 1. The number of ether oxygens (including phenoxy) is 1. The van der Waals surface area contributed by atoms with Gasteiger partial charge < -0.3 is 9.15 Å². The lowest BCUT2D eigenvalue weighted by atomic mass is 10.1. The number of halogens is 2. The molecule has 0 spiro atoms. The Balaban J connectivity index is 2.45. The molecule has 0 saturated carbocycles. The van der Waals surface area contributed by atoms with E-state index in [1.807, 2.05) is 18.2 Å². The fourth-order valence-corrected chi connectivity index (χ4v) is 2.68. The molecule has 0 aliphatic carbocycles. The van der Waals surface area contributed by atoms with Gasteiger partial charge in [0.2, 0.25) is 0 Å². The Kier molecular flexibility index (Phi) is 4.19. The third-order valence-electron chi connectivity index (χ3n) is 2.21. The highest BCUT2D eigenvalue weighted by Gasteiger charge is 2.20. The van der Waals surface area contributed by atoms with Crippen LogP contribution in [0.3, 0.4) is 0 Å². The van der Waals surface area contributed by atoms with Gasteiger partial charge in [-0.05, 0) is 41.1 Å². The van der Waals surface area contributed by atoms with Crippen LogP contribution in [0.15, 0.2) is 38.0 Å². The fourth-order valence-electron chi connectivity index (χ4n) is 1.46. The van der Waals surface area contributed by atoms with Crippen molar-refractivity contribution in [1.82, 2.24) is 4.98 Å². The monoisotopic (exact) mass is 373 g/mol. The van der Waals surface area contributed by atoms with Crippen molar-refractivity contribution in [2.45, 2.75) is 6.92 Å². The number of oxazole rings is 1. The van der Waals surface area contributed by atoms with Crippen LogP contribution in [-0.2, 0) is 4.74 Å². The van der Waals surface area contributed by atoms with Gasteiger partial charge in [-0.25, -0.2) is 9.78 Å². The highest BCUT2D eigenvalue weighted by molar-refractivity contribution is 9.11. The first-order valence-electron chi connectivity index (χ1n) is 5.19. The molecule has 2 aromatic rings. The van der Waals surface area contributed by atoms with Gasteiger partial charge in [0.25, 0.3) is 0 Å². The number of esters is 1. The second-order valence-electron chi connectivity index (χ2n) is 3.37. The zero-order valence-corrected chi connectivity index (χ0v) is 12.6. The van der Waals surface area contributed by atoms with E-state index < -0.39 is 5.97 Å². The molecule has 1 heterocycles. The van der Waals surface area contributed by atoms with Gasteiger partial charge in [-0.2, -0.15) is 0 Å². The molecule has 94 valence electrons. The van der Waals surface area contributed by atoms with E-state index in [-0.39, 0.29) is 5.69 Å². The largest absolute Gasteiger partial charge is 0.461 e. The van der Waals surface area contributed by atoms with Crippen molar-refractivity contribution >= 4 is 37.8 Å². The average Bonchev–Trinajstić information content (AvgIpc) is 2.78. The molecule has 0 bridgehead atoms. The summed E-state index contributed by atoms with van der Waals surface area (Å²) in [6.07, 6.45) is 1.23. The summed E-state index contributed by atoms with van der Waals surface area (Å²) in [5.74, 6) is -0.0936. The maximum absolute atomic E-state index is 11.7. The Morgan fingerprint density at radius 2 is 2.22 bits per heavy atom. The number of nitrogens with zero attached hydrogens (tertiary/aromatic N) is 1. The molecule has 0 saturated heterocycles. The minimum Gasteiger partial charge on any atom is -0.461 e. The van der Waals surface area contributed by atoms with E-state index in [2.05, 4.69) is 36.8 Å². The quantitative estimate of drug-likeness (QED) is 0.760. The Hall–Kier alpha value is -1.14. The van der Waals surface area contributed by atoms with Crippen LogP contribution in [0.5, 0.6) is 0 Å². The Morgan fingerprint density at radius 3 is 2.89 bits per heavy atom. The molecule has 18 heavy (non-hydrogen) atoms. The van der Waals surface area contributed by atoms with Crippen LogP contribution in [-0.4, -0.2) is 17.6 Å². The summed E-state index contributed by atoms with van der Waals surface area (Å²) < 4.78 is 11.9. The topological polar surface area (TPSA) is 52.3 Å². The first-order valence-corrected chi connectivity index (χ1v) is 6.78. The standard InChI is InChI=1S/C12H9Br2NO3/c1-2-17-12(16)10-11(18-6-15-10)8-4-3-7(13)5-9(8)14/h3-6H,2H2,1H3. The summed E-state index contributed by atoms with van der Waals surface area (Å²) in [6, 6.07) is 5.56. The third kappa shape index (κ3) is 2.64. The van der Waals surface area contributed by atoms with Crippen LogP contribution in [0.4, 0.5) is 0 Å². The van der Waals surface area contributed by atoms with E-state index in [0.29, 0.717) is 12.4 Å². The number of hydrogen-bond donors (Lipinski definition) is 0. The molecule has 0 aliphatic heterocycles. The zero-order valence-electron chi connectivity index (χ0n) is 9.44. The highest BCUT2D eigenvalue weighted by atomic mass is 79.9. The van der Waals surface area contributed by atoms with Crippen molar-refractivity contribution < 1.29 is 13.9 Å². The van der Waals surface area contributed by atoms with E-state index in [0.717, 1.165) is 14.5 Å². The van der Waals surface area contributed by atoms with Crippen molar-refractivity contribution in [3.8, 4) is 11.3 Å². The highest BCUT2D eigenvalue weighted by Crippen LogP contribution is 2.32. The lowest BCUT2D eigenvalue weighted by Gasteiger charge is -2.04. The van der Waals surface area contributed by atoms with Gasteiger partial charge in [0.05, 0.1) is 6.61 Å². The van der Waals surface area contributed by atoms with Gasteiger partial charge in [-0.3, -0.25) is 0 Å². The summed E-state index contributed by atoms with van der Waals surface area (Å²) in [6.45, 7) is 2.04. The van der Waals surface area contributed by atoms with Crippen molar-refractivity contribution in [3.63, 3.8) is 0 Å². The molecule has 6 heteroatoms. The minimum absolute atomic E-state index is 0.180. The van der Waals surface area contributed by atoms with Crippen LogP contribution in [0.2, 0.25) is 0 Å². The fraction of sp³-hybridized carbons (Fsp3) is 0.167. The van der Waals surface area contributed by atoms with E-state index in [1.54, 1.807) is 6.92 Å². The smallest absolute Gasteiger partial charge is 0.360 e. The molecule has 2 rings (SSSR count). The number of carbonyl (C=O) groups is 1. The average molecular weight is 375 g/mol. The van der Waals surface area contributed by atoms with E-state index in [1.165, 1.54) is 6.39 Å². The molecule has 0 aliphatic rings. The summed E-state index contributed by atoms with van der Waals surface area (Å²) in [5, 5.41) is 0. The van der Waals surface area contributed by atoms with Crippen molar-refractivity contribution in [3.05, 3.63) is 39.2 Å². The second-order valence-corrected chi connectivity index (χ2v) is 5.14. The van der Waals surface area contributed by atoms with Gasteiger partial charge >= 0.3 is 5.97 Å². The molecule has 0 N–H and O–H groups in total. The number of rotatable bonds is 3. The van der Waals surface area contributed by atoms with Gasteiger partial charge in [-0.1, -0.05) is 15.9 Å². The van der Waals surface area contributed by atoms with E-state index in [4.69, 9.17) is 9.15 Å². The molecular formula is C12H9Br2NO3. The SMILES string of the molecule is CCOC(=O)c1ncoc1-c1ccc(Br)cc1Br. The summed E-state index contributed by atoms with van der Waals surface area (Å²) in [7, 11) is 0. The molecule has 0 atom stereocenters. The van der Waals surface area contributed by atoms with E-state index in [9.17, 15) is 4.79 Å². The first kappa shape index (κ1) is 13.3. The Labute approximate surface area is 121 Å². The predicted molar refractivity (Wildman–Crippen MR) is 73.3 cm³/mol. The second kappa shape index (κ2) is 5.67. The summed E-state index contributed by atoms with van der Waals surface area (Å²) >= 11 is 6.78. The molecule has 1 aromatic carbocycles. The molecular weight excluding hydrogens is 366 g/mol. The van der Waals surface area contributed by atoms with Crippen molar-refractivity contribution in [2.75, 3.05) is 6.61 Å². The van der Waals surface area contributed by atoms with Crippen molar-refractivity contribution in [1.29, 1.82) is 0 Å². The van der Waals surface area contributed by atoms with Crippen LogP contribution in [0, 0.1) is 0 Å². The number of hydrogen-bond acceptors (Lipinski definition) is 4. The lowest BCUT2D eigenvalue weighted by molar-refractivity contribution is 0.0520. The lowest BCUT2D eigenvalue weighted by Crippen LogP contribution is -2.06. The molecule has 0 fully saturated rings. The van der Waals surface area contributed by atoms with Crippen molar-refractivity contribution in [2.24, 2.45) is 0 Å². The number of aromatic nitrogens is 1. The minimum atomic E-state index is -0.490. The molecule has 0 unspecified atom stereocenters. The maximum Gasteiger partial charge on any atom is 0.360 e. The molecule has 0 radical (unpaired) electrons. The van der Waals surface area contributed by atoms with Gasteiger partial charge in [-0.15, -0.1) is 0 Å². The predicted octanol–water partition coefficient (Wildman–Crippen LogP) is 4.04. The summed E-state index contributed by atoms with van der Waals surface area (Å²) in [5.41, 5.74) is 0.929. The van der Waals surface area contributed by atoms with Gasteiger partial charge in [0.15, 0.2) is 17.8 Å². The van der Waals surface area contributed by atoms with Gasteiger partial charge in [0, 0.05) is 14.5 Å². The normalized spacial score (nSPS) is 10.4. The summed E-state index contributed by atoms with van der Waals surface area (Å²) in [4.78, 5) is 15.6. The van der Waals surface area contributed by atoms with E-state index >= 15 is 0 Å². The zero-order chi connectivity index (χ0) is 13.1. The first-order chi connectivity index (χ1) is 8.63. The van der Waals surface area contributed by atoms with Gasteiger partial charge in [0.1, 0.15) is 0 Å². The number of benzene rings is 1. The maximum atomic E-state index is 11.7.